The Morgan fingerprint density at radius 2 is 1.62 bits per heavy atom. The highest BCUT2D eigenvalue weighted by Gasteiger charge is 2.46. The molecular formula is C31H44N6O3. The predicted molar refractivity (Wildman–Crippen MR) is 158 cm³/mol. The summed E-state index contributed by atoms with van der Waals surface area (Å²) in [5.74, 6) is 0.728. The Morgan fingerprint density at radius 3 is 2.15 bits per heavy atom. The number of carbonyl (C=O) groups is 2. The van der Waals surface area contributed by atoms with Crippen LogP contribution in [0.4, 0.5) is 16.3 Å². The van der Waals surface area contributed by atoms with Crippen molar-refractivity contribution in [2.75, 3.05) is 43.0 Å². The first-order valence-electron chi connectivity index (χ1n) is 14.6. The van der Waals surface area contributed by atoms with Crippen LogP contribution in [-0.2, 0) is 0 Å². The molecule has 1 unspecified atom stereocenters. The molecule has 2 aromatic rings. The fraction of sp³-hybridized carbons (Fsp3) is 0.581. The van der Waals surface area contributed by atoms with Crippen LogP contribution in [0.15, 0.2) is 42.6 Å². The summed E-state index contributed by atoms with van der Waals surface area (Å²) in [5, 5.41) is 13.0. The van der Waals surface area contributed by atoms with Crippen molar-refractivity contribution in [1.82, 2.24) is 20.1 Å². The minimum atomic E-state index is -0.848. The van der Waals surface area contributed by atoms with Crippen molar-refractivity contribution in [3.8, 4) is 0 Å². The summed E-state index contributed by atoms with van der Waals surface area (Å²) in [6.07, 6.45) is 4.49. The van der Waals surface area contributed by atoms with Gasteiger partial charge in [-0.25, -0.2) is 9.78 Å². The van der Waals surface area contributed by atoms with Crippen molar-refractivity contribution in [3.05, 3.63) is 53.7 Å². The Kier molecular flexibility index (Phi) is 7.95. The number of hydrogen-bond acceptors (Lipinski definition) is 6. The zero-order chi connectivity index (χ0) is 28.6. The van der Waals surface area contributed by atoms with Gasteiger partial charge >= 0.3 is 6.09 Å². The number of hydrogen-bond donors (Lipinski definition) is 2. The standard InChI is InChI=1S/C31H44N6O3/c1-21(22-6-9-24(10-7-22)35-16-14-34(5)15-17-35)33-29(38)23-8-13-28(32-20-23)36-25-11-12-26(36)19-27(18-25)37(30(39)40)31(2,3)4/h6-10,13,20-21,25-27H,11-12,14-19H2,1-5H3,(H,33,38)(H,39,40)/t21-,25-,26+,27?/m0/s1. The van der Waals surface area contributed by atoms with Gasteiger partial charge in [0.1, 0.15) is 5.82 Å². The van der Waals surface area contributed by atoms with E-state index in [1.54, 1.807) is 11.1 Å². The third-order valence-corrected chi connectivity index (χ3v) is 8.89. The lowest BCUT2D eigenvalue weighted by Gasteiger charge is -2.47. The molecule has 1 aromatic heterocycles. The first-order valence-corrected chi connectivity index (χ1v) is 14.6. The summed E-state index contributed by atoms with van der Waals surface area (Å²) in [5.41, 5.74) is 2.40. The molecule has 2 amide bonds. The summed E-state index contributed by atoms with van der Waals surface area (Å²) in [6.45, 7) is 12.1. The van der Waals surface area contributed by atoms with Gasteiger partial charge in [0.2, 0.25) is 0 Å². The number of carbonyl (C=O) groups excluding carboxylic acids is 1. The van der Waals surface area contributed by atoms with Gasteiger partial charge in [0, 0.05) is 61.7 Å². The zero-order valence-corrected chi connectivity index (χ0v) is 24.5. The number of rotatable bonds is 6. The number of fused-ring (bicyclic) bond motifs is 2. The topological polar surface area (TPSA) is 92.2 Å². The fourth-order valence-corrected chi connectivity index (χ4v) is 6.80. The molecule has 2 N–H and O–H groups in total. The Hall–Kier alpha value is -3.33. The number of piperidine rings is 1. The highest BCUT2D eigenvalue weighted by molar-refractivity contribution is 5.94. The average Bonchev–Trinajstić information content (AvgIpc) is 3.18. The molecule has 0 radical (unpaired) electrons. The fourth-order valence-electron chi connectivity index (χ4n) is 6.80. The van der Waals surface area contributed by atoms with Crippen molar-refractivity contribution >= 4 is 23.5 Å². The first kappa shape index (κ1) is 28.2. The van der Waals surface area contributed by atoms with E-state index in [0.717, 1.165) is 63.2 Å². The summed E-state index contributed by atoms with van der Waals surface area (Å²) < 4.78 is 0. The van der Waals surface area contributed by atoms with Crippen molar-refractivity contribution < 1.29 is 14.7 Å². The van der Waals surface area contributed by atoms with E-state index in [9.17, 15) is 14.7 Å². The second-order valence-electron chi connectivity index (χ2n) is 12.7. The lowest BCUT2D eigenvalue weighted by Crippen LogP contribution is -2.57. The number of pyridine rings is 1. The Balaban J connectivity index is 1.19. The Bertz CT molecular complexity index is 1170. The van der Waals surface area contributed by atoms with Gasteiger partial charge in [0.05, 0.1) is 11.6 Å². The minimum absolute atomic E-state index is 0.00779. The lowest BCUT2D eigenvalue weighted by molar-refractivity contribution is 0.0558. The van der Waals surface area contributed by atoms with Crippen molar-refractivity contribution in [2.45, 2.75) is 83.1 Å². The number of anilines is 2. The number of aromatic nitrogens is 1. The highest BCUT2D eigenvalue weighted by atomic mass is 16.4. The van der Waals surface area contributed by atoms with Crippen LogP contribution in [0.3, 0.4) is 0 Å². The van der Waals surface area contributed by atoms with E-state index in [1.165, 1.54) is 5.69 Å². The smallest absolute Gasteiger partial charge is 0.407 e. The number of carboxylic acid groups (broad SMARTS) is 1. The molecule has 2 bridgehead atoms. The van der Waals surface area contributed by atoms with E-state index in [-0.39, 0.29) is 30.1 Å². The van der Waals surface area contributed by atoms with Crippen LogP contribution in [0.5, 0.6) is 0 Å². The molecule has 0 spiro atoms. The van der Waals surface area contributed by atoms with E-state index in [0.29, 0.717) is 5.56 Å². The molecular weight excluding hydrogens is 504 g/mol. The van der Waals surface area contributed by atoms with Gasteiger partial charge in [0.25, 0.3) is 5.91 Å². The van der Waals surface area contributed by atoms with Gasteiger partial charge in [-0.1, -0.05) is 12.1 Å². The molecule has 1 aromatic carbocycles. The van der Waals surface area contributed by atoms with Crippen LogP contribution >= 0.6 is 0 Å². The molecule has 3 fully saturated rings. The number of nitrogens with zero attached hydrogens (tertiary/aromatic N) is 5. The average molecular weight is 549 g/mol. The number of likely N-dealkylation sites (N-methyl/N-ethyl adjacent to an activating group) is 1. The van der Waals surface area contributed by atoms with Gasteiger partial charge in [-0.05, 0) is 90.3 Å². The zero-order valence-electron chi connectivity index (χ0n) is 24.5. The molecule has 9 nitrogen and oxygen atoms in total. The normalized spacial score (nSPS) is 24.1. The molecule has 4 atom stereocenters. The number of amides is 2. The van der Waals surface area contributed by atoms with Crippen LogP contribution in [0.2, 0.25) is 0 Å². The molecule has 216 valence electrons. The molecule has 3 saturated heterocycles. The van der Waals surface area contributed by atoms with Gasteiger partial charge < -0.3 is 30.0 Å². The van der Waals surface area contributed by atoms with Crippen molar-refractivity contribution in [3.63, 3.8) is 0 Å². The SMILES string of the molecule is C[C@H](NC(=O)c1ccc(N2[C@@H]3CC[C@H]2CC(N(C(=O)O)C(C)(C)C)C3)nc1)c1ccc(N2CCN(C)CC2)cc1. The van der Waals surface area contributed by atoms with Crippen LogP contribution in [0.25, 0.3) is 0 Å². The maximum atomic E-state index is 13.0. The van der Waals surface area contributed by atoms with E-state index in [1.807, 2.05) is 39.8 Å². The summed E-state index contributed by atoms with van der Waals surface area (Å²) in [7, 11) is 2.16. The second kappa shape index (κ2) is 11.3. The van der Waals surface area contributed by atoms with Crippen LogP contribution in [0, 0.1) is 0 Å². The maximum absolute atomic E-state index is 13.0. The number of piperazine rings is 1. The number of nitrogens with one attached hydrogen (secondary N) is 1. The molecule has 3 aliphatic rings. The van der Waals surface area contributed by atoms with E-state index in [2.05, 4.69) is 51.3 Å². The van der Waals surface area contributed by atoms with E-state index < -0.39 is 11.6 Å². The molecule has 4 heterocycles. The quantitative estimate of drug-likeness (QED) is 0.545. The van der Waals surface area contributed by atoms with Crippen LogP contribution < -0.4 is 15.1 Å². The second-order valence-corrected chi connectivity index (χ2v) is 12.7. The van der Waals surface area contributed by atoms with Crippen molar-refractivity contribution in [1.29, 1.82) is 0 Å². The van der Waals surface area contributed by atoms with Gasteiger partial charge in [-0.15, -0.1) is 0 Å². The largest absolute Gasteiger partial charge is 0.465 e. The third kappa shape index (κ3) is 5.89. The van der Waals surface area contributed by atoms with E-state index in [4.69, 9.17) is 4.98 Å². The minimum Gasteiger partial charge on any atom is -0.465 e. The summed E-state index contributed by atoms with van der Waals surface area (Å²) in [6, 6.07) is 12.7. The first-order chi connectivity index (χ1) is 19.0. The molecule has 9 heteroatoms. The summed E-state index contributed by atoms with van der Waals surface area (Å²) >= 11 is 0. The Labute approximate surface area is 238 Å². The molecule has 3 aliphatic heterocycles. The lowest BCUT2D eigenvalue weighted by atomic mass is 9.92. The molecule has 5 rings (SSSR count). The predicted octanol–water partition coefficient (Wildman–Crippen LogP) is 4.60. The number of benzene rings is 1. The molecule has 0 aliphatic carbocycles. The van der Waals surface area contributed by atoms with E-state index >= 15 is 0 Å². The molecule has 40 heavy (non-hydrogen) atoms. The molecule has 0 saturated carbocycles. The van der Waals surface area contributed by atoms with Crippen molar-refractivity contribution in [2.24, 2.45) is 0 Å². The van der Waals surface area contributed by atoms with Gasteiger partial charge in [-0.3, -0.25) is 4.79 Å². The van der Waals surface area contributed by atoms with Crippen LogP contribution in [-0.4, -0.2) is 88.8 Å². The highest BCUT2D eigenvalue weighted by Crippen LogP contribution is 2.41. The van der Waals surface area contributed by atoms with Crippen LogP contribution in [0.1, 0.15) is 75.3 Å². The monoisotopic (exact) mass is 548 g/mol. The summed E-state index contributed by atoms with van der Waals surface area (Å²) in [4.78, 5) is 38.5. The van der Waals surface area contributed by atoms with Gasteiger partial charge in [0.15, 0.2) is 0 Å². The van der Waals surface area contributed by atoms with Gasteiger partial charge in [-0.2, -0.15) is 0 Å². The third-order valence-electron chi connectivity index (χ3n) is 8.89. The maximum Gasteiger partial charge on any atom is 0.407 e. The Morgan fingerprint density at radius 1 is 1.00 bits per heavy atom.